The molecule has 2 unspecified atom stereocenters. The van der Waals surface area contributed by atoms with E-state index in [0.29, 0.717) is 31.4 Å². The lowest BCUT2D eigenvalue weighted by atomic mass is 9.83. The van der Waals surface area contributed by atoms with Crippen LogP contribution in [0.5, 0.6) is 0 Å². The molecule has 204 valence electrons. The number of ether oxygens (including phenoxy) is 2. The number of rotatable bonds is 10. The number of aromatic nitrogens is 1. The first-order valence-electron chi connectivity index (χ1n) is 12.2. The SMILES string of the molecule is CCCN(c1cc(COC2OCCC2(Cc2ccccc2)N(C(=O)O)C(C)(C)C)cc(Cl)n1)S(C)(=O)=O. The molecule has 2 aromatic rings. The van der Waals surface area contributed by atoms with Gasteiger partial charge in [-0.25, -0.2) is 18.2 Å². The highest BCUT2D eigenvalue weighted by atomic mass is 35.5. The molecule has 11 heteroatoms. The molecule has 2 heterocycles. The summed E-state index contributed by atoms with van der Waals surface area (Å²) in [6.45, 7) is 8.05. The molecule has 0 bridgehead atoms. The van der Waals surface area contributed by atoms with Crippen molar-refractivity contribution in [1.29, 1.82) is 0 Å². The van der Waals surface area contributed by atoms with Crippen molar-refractivity contribution in [2.45, 2.75) is 70.9 Å². The van der Waals surface area contributed by atoms with Crippen LogP contribution in [0.15, 0.2) is 42.5 Å². The first kappa shape index (κ1) is 29.2. The third kappa shape index (κ3) is 6.93. The van der Waals surface area contributed by atoms with Gasteiger partial charge in [0.25, 0.3) is 0 Å². The van der Waals surface area contributed by atoms with Crippen LogP contribution in [-0.4, -0.2) is 66.3 Å². The number of sulfonamides is 1. The molecule has 3 rings (SSSR count). The van der Waals surface area contributed by atoms with Gasteiger partial charge in [-0.3, -0.25) is 9.21 Å². The molecule has 1 aliphatic rings. The Morgan fingerprint density at radius 3 is 2.49 bits per heavy atom. The van der Waals surface area contributed by atoms with E-state index >= 15 is 0 Å². The molecule has 1 N–H and O–H groups in total. The summed E-state index contributed by atoms with van der Waals surface area (Å²) in [6.07, 6.45) is 0.668. The second-order valence-corrected chi connectivity index (χ2v) is 12.6. The average molecular weight is 554 g/mol. The van der Waals surface area contributed by atoms with E-state index in [1.54, 1.807) is 12.1 Å². The summed E-state index contributed by atoms with van der Waals surface area (Å²) in [5.41, 5.74) is -0.137. The molecule has 1 amide bonds. The molecule has 0 aliphatic carbocycles. The van der Waals surface area contributed by atoms with Crippen LogP contribution in [0.4, 0.5) is 10.6 Å². The molecule has 1 aromatic carbocycles. The zero-order chi connectivity index (χ0) is 27.4. The fraction of sp³-hybridized carbons (Fsp3) is 0.538. The number of carboxylic acid groups (broad SMARTS) is 1. The predicted octanol–water partition coefficient (Wildman–Crippen LogP) is 4.93. The average Bonchev–Trinajstić information content (AvgIpc) is 3.16. The van der Waals surface area contributed by atoms with Crippen molar-refractivity contribution in [3.8, 4) is 0 Å². The van der Waals surface area contributed by atoms with Gasteiger partial charge in [0.1, 0.15) is 16.5 Å². The van der Waals surface area contributed by atoms with Crippen LogP contribution in [0, 0.1) is 0 Å². The number of carbonyl (C=O) groups is 1. The summed E-state index contributed by atoms with van der Waals surface area (Å²) >= 11 is 6.25. The van der Waals surface area contributed by atoms with Crippen LogP contribution in [0.2, 0.25) is 5.15 Å². The van der Waals surface area contributed by atoms with Gasteiger partial charge in [-0.05, 0) is 56.9 Å². The normalized spacial score (nSPS) is 20.1. The van der Waals surface area contributed by atoms with Crippen LogP contribution in [0.25, 0.3) is 0 Å². The Morgan fingerprint density at radius 1 is 1.24 bits per heavy atom. The highest BCUT2D eigenvalue weighted by Gasteiger charge is 2.55. The van der Waals surface area contributed by atoms with Gasteiger partial charge in [0, 0.05) is 18.5 Å². The van der Waals surface area contributed by atoms with Gasteiger partial charge >= 0.3 is 6.09 Å². The second kappa shape index (κ2) is 11.6. The van der Waals surface area contributed by atoms with Crippen LogP contribution in [-0.2, 0) is 32.5 Å². The number of halogens is 1. The molecule has 0 saturated carbocycles. The zero-order valence-electron chi connectivity index (χ0n) is 22.0. The predicted molar refractivity (Wildman–Crippen MR) is 143 cm³/mol. The van der Waals surface area contributed by atoms with E-state index in [9.17, 15) is 18.3 Å². The topological polar surface area (TPSA) is 109 Å². The van der Waals surface area contributed by atoms with Gasteiger partial charge in [-0.1, -0.05) is 48.9 Å². The lowest BCUT2D eigenvalue weighted by molar-refractivity contribution is -0.181. The maximum Gasteiger partial charge on any atom is 0.408 e. The summed E-state index contributed by atoms with van der Waals surface area (Å²) in [5.74, 6) is 0.209. The fourth-order valence-electron chi connectivity index (χ4n) is 4.95. The van der Waals surface area contributed by atoms with E-state index < -0.39 is 33.5 Å². The van der Waals surface area contributed by atoms with Crippen LogP contribution < -0.4 is 4.31 Å². The van der Waals surface area contributed by atoms with Crippen molar-refractivity contribution >= 4 is 33.5 Å². The number of anilines is 1. The Morgan fingerprint density at radius 2 is 1.92 bits per heavy atom. The number of hydrogen-bond donors (Lipinski definition) is 1. The van der Waals surface area contributed by atoms with Gasteiger partial charge in [0.15, 0.2) is 6.29 Å². The molecule has 0 spiro atoms. The zero-order valence-corrected chi connectivity index (χ0v) is 23.6. The van der Waals surface area contributed by atoms with Gasteiger partial charge in [-0.2, -0.15) is 0 Å². The molecule has 9 nitrogen and oxygen atoms in total. The van der Waals surface area contributed by atoms with E-state index in [2.05, 4.69) is 4.98 Å². The van der Waals surface area contributed by atoms with Crippen molar-refractivity contribution in [2.75, 3.05) is 23.7 Å². The summed E-state index contributed by atoms with van der Waals surface area (Å²) in [6, 6.07) is 12.9. The Kier molecular flexibility index (Phi) is 9.10. The van der Waals surface area contributed by atoms with E-state index in [-0.39, 0.29) is 24.1 Å². The number of amides is 1. The highest BCUT2D eigenvalue weighted by Crippen LogP contribution is 2.41. The van der Waals surface area contributed by atoms with E-state index in [1.807, 2.05) is 58.0 Å². The van der Waals surface area contributed by atoms with Crippen LogP contribution in [0.3, 0.4) is 0 Å². The van der Waals surface area contributed by atoms with Gasteiger partial charge < -0.3 is 14.6 Å². The molecule has 2 atom stereocenters. The highest BCUT2D eigenvalue weighted by molar-refractivity contribution is 7.92. The second-order valence-electron chi connectivity index (χ2n) is 10.3. The number of pyridine rings is 1. The number of hydrogen-bond acceptors (Lipinski definition) is 6. The first-order valence-corrected chi connectivity index (χ1v) is 14.4. The summed E-state index contributed by atoms with van der Waals surface area (Å²) in [4.78, 5) is 18.2. The largest absolute Gasteiger partial charge is 0.465 e. The maximum absolute atomic E-state index is 12.6. The molecule has 1 saturated heterocycles. The molecule has 1 aliphatic heterocycles. The van der Waals surface area contributed by atoms with Crippen molar-refractivity contribution in [1.82, 2.24) is 9.88 Å². The standard InChI is InChI=1S/C26H36ClN3O6S/c1-6-13-29(37(5,33)34)22-16-20(15-21(27)28-22)18-36-23-26(12-14-35-23,17-19-10-8-7-9-11-19)30(24(31)32)25(2,3)4/h7-11,15-16,23H,6,12-14,17-18H2,1-5H3,(H,31,32). The molecule has 0 radical (unpaired) electrons. The Balaban J connectivity index is 1.96. The molecule has 37 heavy (non-hydrogen) atoms. The Hall–Kier alpha value is -2.40. The van der Waals surface area contributed by atoms with Crippen molar-refractivity contribution in [3.05, 3.63) is 58.7 Å². The Labute approximate surface area is 224 Å². The minimum atomic E-state index is -3.56. The van der Waals surface area contributed by atoms with Gasteiger partial charge in [-0.15, -0.1) is 0 Å². The summed E-state index contributed by atoms with van der Waals surface area (Å²) in [5, 5.41) is 10.4. The quantitative estimate of drug-likeness (QED) is 0.415. The van der Waals surface area contributed by atoms with Crippen molar-refractivity contribution < 1.29 is 27.8 Å². The molecular formula is C26H36ClN3O6S. The number of benzene rings is 1. The van der Waals surface area contributed by atoms with Crippen molar-refractivity contribution in [3.63, 3.8) is 0 Å². The van der Waals surface area contributed by atoms with E-state index in [4.69, 9.17) is 21.1 Å². The molecule has 1 fully saturated rings. The lowest BCUT2D eigenvalue weighted by Gasteiger charge is -2.49. The van der Waals surface area contributed by atoms with E-state index in [1.165, 1.54) is 9.21 Å². The minimum Gasteiger partial charge on any atom is -0.465 e. The third-order valence-corrected chi connectivity index (χ3v) is 7.59. The minimum absolute atomic E-state index is 0.0256. The molecule has 1 aromatic heterocycles. The summed E-state index contributed by atoms with van der Waals surface area (Å²) < 4.78 is 38.1. The Bertz CT molecular complexity index is 1190. The fourth-order valence-corrected chi connectivity index (χ4v) is 6.13. The summed E-state index contributed by atoms with van der Waals surface area (Å²) in [7, 11) is -3.56. The van der Waals surface area contributed by atoms with Gasteiger partial charge in [0.05, 0.1) is 19.5 Å². The smallest absolute Gasteiger partial charge is 0.408 e. The number of nitrogens with zero attached hydrogens (tertiary/aromatic N) is 3. The van der Waals surface area contributed by atoms with E-state index in [0.717, 1.165) is 11.8 Å². The monoisotopic (exact) mass is 553 g/mol. The first-order chi connectivity index (χ1) is 17.3. The van der Waals surface area contributed by atoms with Gasteiger partial charge in [0.2, 0.25) is 10.0 Å². The van der Waals surface area contributed by atoms with Crippen molar-refractivity contribution in [2.24, 2.45) is 0 Å². The third-order valence-electron chi connectivity index (χ3n) is 6.23. The van der Waals surface area contributed by atoms with Crippen LogP contribution in [0.1, 0.15) is 51.7 Å². The lowest BCUT2D eigenvalue weighted by Crippen LogP contribution is -2.64. The maximum atomic E-state index is 12.6. The van der Waals surface area contributed by atoms with Crippen LogP contribution >= 0.6 is 11.6 Å². The molecular weight excluding hydrogens is 518 g/mol.